The number of hydrogen-bond donors (Lipinski definition) is 0. The van der Waals surface area contributed by atoms with Gasteiger partial charge in [-0.1, -0.05) is 60.8 Å². The van der Waals surface area contributed by atoms with Gasteiger partial charge in [0.25, 0.3) is 0 Å². The summed E-state index contributed by atoms with van der Waals surface area (Å²) in [4.78, 5) is 17.1. The van der Waals surface area contributed by atoms with Gasteiger partial charge in [0.15, 0.2) is 13.6 Å². The van der Waals surface area contributed by atoms with Crippen molar-refractivity contribution >= 4 is 13.6 Å². The summed E-state index contributed by atoms with van der Waals surface area (Å²) >= 11 is 0. The Kier molecular flexibility index (Phi) is 7.20. The Balaban J connectivity index is 1.46. The van der Waals surface area contributed by atoms with Crippen LogP contribution in [0.25, 0.3) is 0 Å². The number of fused-ring (bicyclic) bond motifs is 1. The minimum Gasteiger partial charge on any atom is -0.449 e. The molecule has 0 radical (unpaired) electrons. The second kappa shape index (κ2) is 9.76. The summed E-state index contributed by atoms with van der Waals surface area (Å²) in [5, 5.41) is 0. The van der Waals surface area contributed by atoms with E-state index in [4.69, 9.17) is 19.4 Å². The van der Waals surface area contributed by atoms with Crippen LogP contribution in [-0.2, 0) is 19.5 Å². The first-order valence-corrected chi connectivity index (χ1v) is 15.1. The average Bonchev–Trinajstić information content (AvgIpc) is 3.22. The molecule has 2 aromatic rings. The molecule has 0 aromatic carbocycles. The van der Waals surface area contributed by atoms with E-state index in [1.54, 1.807) is 0 Å². The lowest BCUT2D eigenvalue weighted by Gasteiger charge is -2.39. The van der Waals surface area contributed by atoms with E-state index < -0.39 is 8.07 Å². The van der Waals surface area contributed by atoms with E-state index in [-0.39, 0.29) is 0 Å². The van der Waals surface area contributed by atoms with Crippen molar-refractivity contribution < 1.29 is 4.42 Å². The Morgan fingerprint density at radius 1 is 0.969 bits per heavy atom. The fraction of sp³-hybridized carbons (Fsp3) is 0.731. The Labute approximate surface area is 195 Å². The van der Waals surface area contributed by atoms with Crippen LogP contribution < -0.4 is 5.51 Å². The molecule has 0 spiro atoms. The van der Waals surface area contributed by atoms with Gasteiger partial charge in [-0.2, -0.15) is 0 Å². The molecule has 2 aliphatic rings. The second-order valence-corrected chi connectivity index (χ2v) is 16.8. The van der Waals surface area contributed by atoms with Gasteiger partial charge >= 0.3 is 0 Å². The van der Waals surface area contributed by atoms with E-state index in [1.165, 1.54) is 43.4 Å². The molecule has 1 fully saturated rings. The molecule has 0 amide bonds. The van der Waals surface area contributed by atoms with Crippen molar-refractivity contribution in [3.63, 3.8) is 0 Å². The second-order valence-electron chi connectivity index (χ2n) is 11.0. The molecule has 32 heavy (non-hydrogen) atoms. The van der Waals surface area contributed by atoms with E-state index >= 15 is 0 Å². The normalized spacial score (nSPS) is 18.7. The van der Waals surface area contributed by atoms with E-state index in [0.29, 0.717) is 22.5 Å². The molecule has 4 rings (SSSR count). The summed E-state index contributed by atoms with van der Waals surface area (Å²) in [6.07, 6.45) is 11.6. The van der Waals surface area contributed by atoms with E-state index in [2.05, 4.69) is 52.6 Å². The molecule has 0 atom stereocenters. The van der Waals surface area contributed by atoms with Gasteiger partial charge in [-0.15, -0.1) is 0 Å². The molecule has 1 aliphatic carbocycles. The van der Waals surface area contributed by atoms with Crippen molar-refractivity contribution in [1.29, 1.82) is 0 Å². The maximum atomic E-state index is 6.50. The van der Waals surface area contributed by atoms with Gasteiger partial charge in [-0.05, 0) is 29.5 Å². The van der Waals surface area contributed by atoms with Crippen LogP contribution in [0.2, 0.25) is 16.6 Å². The predicted octanol–water partition coefficient (Wildman–Crippen LogP) is 5.96. The fourth-order valence-electron chi connectivity index (χ4n) is 6.62. The largest absolute Gasteiger partial charge is 0.449 e. The third-order valence-corrected chi connectivity index (χ3v) is 14.9. The molecule has 2 aromatic heterocycles. The van der Waals surface area contributed by atoms with Crippen LogP contribution in [0.1, 0.15) is 102 Å². The van der Waals surface area contributed by atoms with E-state index in [0.717, 1.165) is 43.2 Å². The van der Waals surface area contributed by atoms with Crippen molar-refractivity contribution in [2.24, 2.45) is 0 Å². The van der Waals surface area contributed by atoms with Crippen LogP contribution in [0.4, 0.5) is 0 Å². The molecule has 0 unspecified atom stereocenters. The topological polar surface area (TPSA) is 55.1 Å². The fourth-order valence-corrected chi connectivity index (χ4v) is 12.7. The first-order chi connectivity index (χ1) is 15.3. The Hall–Kier alpha value is -1.53. The minimum absolute atomic E-state index is 0.576. The van der Waals surface area contributed by atoms with Gasteiger partial charge in [-0.3, -0.25) is 4.90 Å². The van der Waals surface area contributed by atoms with E-state index in [9.17, 15) is 0 Å². The number of nitrogens with zero attached hydrogens (tertiary/aromatic N) is 4. The number of hydrogen-bond acceptors (Lipinski definition) is 5. The van der Waals surface area contributed by atoms with Gasteiger partial charge in [0.05, 0.1) is 12.7 Å². The SMILES string of the molecule is CC(C)[Si](c1ncc(CN2CCc3nc(C4CCCCC4)ncc3C2)o1)(C(C)C)C(C)C. The molecular formula is C26H42N4OSi. The van der Waals surface area contributed by atoms with Crippen LogP contribution in [0.5, 0.6) is 0 Å². The lowest BCUT2D eigenvalue weighted by Crippen LogP contribution is -2.56. The number of aromatic nitrogens is 3. The summed E-state index contributed by atoms with van der Waals surface area (Å²) in [5.74, 6) is 2.67. The van der Waals surface area contributed by atoms with Crippen LogP contribution in [0, 0.1) is 0 Å². The summed E-state index contributed by atoms with van der Waals surface area (Å²) in [7, 11) is -1.85. The molecule has 3 heterocycles. The molecule has 1 saturated carbocycles. The molecule has 0 saturated heterocycles. The lowest BCUT2D eigenvalue weighted by molar-refractivity contribution is 0.224. The highest BCUT2D eigenvalue weighted by Crippen LogP contribution is 2.41. The zero-order chi connectivity index (χ0) is 22.9. The van der Waals surface area contributed by atoms with Gasteiger partial charge in [0.1, 0.15) is 11.6 Å². The zero-order valence-corrected chi connectivity index (χ0v) is 22.0. The molecule has 0 N–H and O–H groups in total. The highest BCUT2D eigenvalue weighted by molar-refractivity contribution is 6.93. The number of rotatable bonds is 7. The van der Waals surface area contributed by atoms with Crippen LogP contribution in [-0.4, -0.2) is 34.5 Å². The van der Waals surface area contributed by atoms with Crippen molar-refractivity contribution in [2.45, 2.75) is 116 Å². The summed E-state index contributed by atoms with van der Waals surface area (Å²) in [5.41, 5.74) is 5.40. The maximum absolute atomic E-state index is 6.50. The monoisotopic (exact) mass is 454 g/mol. The third-order valence-electron chi connectivity index (χ3n) is 8.17. The molecule has 5 nitrogen and oxygen atoms in total. The van der Waals surface area contributed by atoms with Crippen molar-refractivity contribution in [3.05, 3.63) is 35.2 Å². The van der Waals surface area contributed by atoms with Crippen LogP contribution >= 0.6 is 0 Å². The van der Waals surface area contributed by atoms with Crippen LogP contribution in [0.3, 0.4) is 0 Å². The van der Waals surface area contributed by atoms with Crippen molar-refractivity contribution in [1.82, 2.24) is 19.9 Å². The maximum Gasteiger partial charge on any atom is 0.167 e. The summed E-state index contributed by atoms with van der Waals surface area (Å²) < 4.78 is 6.50. The van der Waals surface area contributed by atoms with Crippen LogP contribution in [0.15, 0.2) is 16.8 Å². The Bertz CT molecular complexity index is 879. The summed E-state index contributed by atoms with van der Waals surface area (Å²) in [6, 6.07) is 0. The molecule has 176 valence electrons. The Morgan fingerprint density at radius 2 is 1.66 bits per heavy atom. The quantitative estimate of drug-likeness (QED) is 0.483. The highest BCUT2D eigenvalue weighted by Gasteiger charge is 2.49. The van der Waals surface area contributed by atoms with Crippen molar-refractivity contribution in [3.8, 4) is 0 Å². The average molecular weight is 455 g/mol. The van der Waals surface area contributed by atoms with Gasteiger partial charge in [-0.25, -0.2) is 15.0 Å². The lowest BCUT2D eigenvalue weighted by atomic mass is 9.88. The molecule has 6 heteroatoms. The Morgan fingerprint density at radius 3 is 2.31 bits per heavy atom. The smallest absolute Gasteiger partial charge is 0.167 e. The van der Waals surface area contributed by atoms with Gasteiger partial charge in [0, 0.05) is 42.9 Å². The minimum atomic E-state index is -1.85. The number of oxazole rings is 1. The summed E-state index contributed by atoms with van der Waals surface area (Å²) in [6.45, 7) is 16.9. The standard InChI is InChI=1S/C26H42N4OSi/c1-18(2)32(19(3)4,20(5)6)26-28-15-23(31-26)17-30-13-12-24-22(16-30)14-27-25(29-24)21-10-8-7-9-11-21/h14-15,18-21H,7-13,16-17H2,1-6H3. The van der Waals surface area contributed by atoms with Gasteiger partial charge < -0.3 is 4.42 Å². The molecule has 0 bridgehead atoms. The third kappa shape index (κ3) is 4.45. The molecular weight excluding hydrogens is 412 g/mol. The predicted molar refractivity (Wildman–Crippen MR) is 133 cm³/mol. The van der Waals surface area contributed by atoms with Crippen molar-refractivity contribution in [2.75, 3.05) is 6.54 Å². The zero-order valence-electron chi connectivity index (χ0n) is 21.0. The highest BCUT2D eigenvalue weighted by atomic mass is 28.3. The van der Waals surface area contributed by atoms with Gasteiger partial charge in [0.2, 0.25) is 0 Å². The first-order valence-electron chi connectivity index (χ1n) is 12.8. The molecule has 1 aliphatic heterocycles. The van der Waals surface area contributed by atoms with E-state index in [1.807, 2.05) is 6.20 Å². The first kappa shape index (κ1) is 23.6.